The fourth-order valence-corrected chi connectivity index (χ4v) is 9.63. The van der Waals surface area contributed by atoms with Crippen LogP contribution in [0.4, 0.5) is 26.3 Å². The Hall–Kier alpha value is -4.34. The first-order chi connectivity index (χ1) is 27.3. The van der Waals surface area contributed by atoms with E-state index in [2.05, 4.69) is 10.6 Å². The minimum atomic E-state index is -4.91. The minimum Gasteiger partial charge on any atom is -0.488 e. The lowest BCUT2D eigenvalue weighted by Crippen LogP contribution is -2.55. The number of rotatable bonds is 12. The molecule has 2 aliphatic heterocycles. The van der Waals surface area contributed by atoms with Gasteiger partial charge >= 0.3 is 12.4 Å². The fraction of sp³-hybridized carbons (Fsp3) is 0.619. The van der Waals surface area contributed by atoms with Gasteiger partial charge in [0, 0.05) is 39.0 Å². The lowest BCUT2D eigenvalue weighted by molar-refractivity contribution is -0.142. The molecule has 0 radical (unpaired) electrons. The Balaban J connectivity index is 1.19. The van der Waals surface area contributed by atoms with Crippen molar-refractivity contribution < 1.29 is 55.4 Å². The Morgan fingerprint density at radius 3 is 1.81 bits per heavy atom. The standard InChI is InChI=1S/C42H52F6N4O6/c1-26(53)35(51-24-39(20-33(51)54)14-5-3-6-15-39)37(56)50-23-29-12-13-31(19-32(29)42(46,47)48)58-27(2)36(52-25-40(21-34(52)55)16-7-4-8-17-40)38(57)49-22-28-10-9-11-30(18-28)41(43,44)45/h9-13,18-19,26-27,35-36,53H,3-8,14-17,20-25H2,1-2H3,(H,49,57)(H,50,56)/t26-,27-,35+,36+/m1/s1. The molecule has 58 heavy (non-hydrogen) atoms. The number of nitrogens with one attached hydrogen (secondary N) is 2. The van der Waals surface area contributed by atoms with Crippen LogP contribution in [0.1, 0.15) is 113 Å². The van der Waals surface area contributed by atoms with Gasteiger partial charge in [0.1, 0.15) is 23.9 Å². The lowest BCUT2D eigenvalue weighted by atomic mass is 9.73. The topological polar surface area (TPSA) is 128 Å². The summed E-state index contributed by atoms with van der Waals surface area (Å²) in [6.45, 7) is 2.45. The predicted molar refractivity (Wildman–Crippen MR) is 200 cm³/mol. The zero-order chi connectivity index (χ0) is 42.0. The van der Waals surface area contributed by atoms with Crippen molar-refractivity contribution in [1.29, 1.82) is 0 Å². The van der Waals surface area contributed by atoms with Crippen molar-refractivity contribution in [1.82, 2.24) is 20.4 Å². The van der Waals surface area contributed by atoms with E-state index < -0.39 is 66.1 Å². The zero-order valence-corrected chi connectivity index (χ0v) is 32.8. The van der Waals surface area contributed by atoms with E-state index >= 15 is 0 Å². The molecule has 6 rings (SSSR count). The number of carbonyl (C=O) groups is 4. The van der Waals surface area contributed by atoms with Crippen LogP contribution in [-0.4, -0.2) is 75.9 Å². The van der Waals surface area contributed by atoms with Crippen LogP contribution < -0.4 is 15.4 Å². The molecule has 2 aromatic carbocycles. The largest absolute Gasteiger partial charge is 0.488 e. The number of nitrogens with zero attached hydrogens (tertiary/aromatic N) is 2. The third-order valence-corrected chi connectivity index (χ3v) is 12.5. The number of likely N-dealkylation sites (tertiary alicyclic amines) is 2. The molecule has 2 saturated heterocycles. The summed E-state index contributed by atoms with van der Waals surface area (Å²) in [4.78, 5) is 56.7. The maximum absolute atomic E-state index is 14.6. The Bertz CT molecular complexity index is 1840. The van der Waals surface area contributed by atoms with Crippen LogP contribution in [0.5, 0.6) is 5.75 Å². The van der Waals surface area contributed by atoms with Gasteiger partial charge in [0.15, 0.2) is 0 Å². The normalized spacial score (nSPS) is 21.5. The quantitative estimate of drug-likeness (QED) is 0.200. The number of hydrogen-bond donors (Lipinski definition) is 3. The third-order valence-electron chi connectivity index (χ3n) is 12.5. The average molecular weight is 823 g/mol. The number of benzene rings is 2. The second-order valence-electron chi connectivity index (χ2n) is 16.9. The van der Waals surface area contributed by atoms with Crippen molar-refractivity contribution >= 4 is 23.6 Å². The van der Waals surface area contributed by atoms with E-state index in [0.717, 1.165) is 88.5 Å². The van der Waals surface area contributed by atoms with Crippen molar-refractivity contribution in [2.45, 2.75) is 141 Å². The van der Waals surface area contributed by atoms with E-state index in [0.29, 0.717) is 6.54 Å². The number of aliphatic hydroxyl groups excluding tert-OH is 1. The average Bonchev–Trinajstić information content (AvgIpc) is 3.63. The van der Waals surface area contributed by atoms with Crippen molar-refractivity contribution in [3.8, 4) is 5.75 Å². The maximum atomic E-state index is 14.6. The summed E-state index contributed by atoms with van der Waals surface area (Å²) >= 11 is 0. The molecule has 318 valence electrons. The highest BCUT2D eigenvalue weighted by Crippen LogP contribution is 2.46. The number of hydrogen-bond acceptors (Lipinski definition) is 6. The summed E-state index contributed by atoms with van der Waals surface area (Å²) in [6.07, 6.45) is -2.57. The lowest BCUT2D eigenvalue weighted by Gasteiger charge is -2.36. The highest BCUT2D eigenvalue weighted by atomic mass is 19.4. The smallest absolute Gasteiger partial charge is 0.416 e. The van der Waals surface area contributed by atoms with Gasteiger partial charge in [-0.25, -0.2) is 0 Å². The number of halogens is 6. The summed E-state index contributed by atoms with van der Waals surface area (Å²) in [5.74, 6) is -2.39. The molecule has 0 bridgehead atoms. The van der Waals surface area contributed by atoms with Gasteiger partial charge in [0.25, 0.3) is 0 Å². The van der Waals surface area contributed by atoms with E-state index in [9.17, 15) is 50.6 Å². The summed E-state index contributed by atoms with van der Waals surface area (Å²) < 4.78 is 89.8. The van der Waals surface area contributed by atoms with Crippen LogP contribution in [-0.2, 0) is 44.6 Å². The first kappa shape index (κ1) is 43.2. The van der Waals surface area contributed by atoms with Gasteiger partial charge < -0.3 is 30.3 Å². The van der Waals surface area contributed by atoms with E-state index in [4.69, 9.17) is 4.74 Å². The molecule has 2 heterocycles. The fourth-order valence-electron chi connectivity index (χ4n) is 9.63. The second kappa shape index (κ2) is 17.1. The Morgan fingerprint density at radius 1 is 0.741 bits per heavy atom. The van der Waals surface area contributed by atoms with Crippen LogP contribution in [0.2, 0.25) is 0 Å². The molecule has 2 spiro atoms. The molecule has 2 saturated carbocycles. The first-order valence-electron chi connectivity index (χ1n) is 20.2. The van der Waals surface area contributed by atoms with Gasteiger partial charge in [0.2, 0.25) is 23.6 Å². The summed E-state index contributed by atoms with van der Waals surface area (Å²) in [5.41, 5.74) is -2.83. The molecule has 4 fully saturated rings. The maximum Gasteiger partial charge on any atom is 0.416 e. The Morgan fingerprint density at radius 2 is 1.28 bits per heavy atom. The molecule has 4 aliphatic rings. The number of aliphatic hydroxyl groups is 1. The highest BCUT2D eigenvalue weighted by Gasteiger charge is 2.50. The number of alkyl halides is 6. The molecule has 3 N–H and O–H groups in total. The molecule has 4 atom stereocenters. The molecule has 0 unspecified atom stereocenters. The first-order valence-corrected chi connectivity index (χ1v) is 20.2. The van der Waals surface area contributed by atoms with Crippen molar-refractivity contribution in [3.63, 3.8) is 0 Å². The number of carbonyl (C=O) groups excluding carboxylic acids is 4. The van der Waals surface area contributed by atoms with E-state index in [1.54, 1.807) is 0 Å². The van der Waals surface area contributed by atoms with Gasteiger partial charge in [-0.05, 0) is 85.8 Å². The molecular formula is C42H52F6N4O6. The third kappa shape index (κ3) is 9.74. The van der Waals surface area contributed by atoms with Gasteiger partial charge in [-0.2, -0.15) is 26.3 Å². The van der Waals surface area contributed by atoms with Crippen LogP contribution >= 0.6 is 0 Å². The van der Waals surface area contributed by atoms with E-state index in [1.165, 1.54) is 41.8 Å². The molecule has 4 amide bonds. The van der Waals surface area contributed by atoms with Crippen molar-refractivity contribution in [3.05, 3.63) is 64.7 Å². The van der Waals surface area contributed by atoms with Crippen LogP contribution in [0, 0.1) is 10.8 Å². The molecule has 16 heteroatoms. The van der Waals surface area contributed by atoms with Crippen LogP contribution in [0.3, 0.4) is 0 Å². The van der Waals surface area contributed by atoms with Gasteiger partial charge in [-0.1, -0.05) is 56.7 Å². The highest BCUT2D eigenvalue weighted by molar-refractivity contribution is 5.90. The Labute approximate surface area is 334 Å². The monoisotopic (exact) mass is 822 g/mol. The van der Waals surface area contributed by atoms with Gasteiger partial charge in [0.05, 0.1) is 17.2 Å². The summed E-state index contributed by atoms with van der Waals surface area (Å²) in [5, 5.41) is 15.7. The predicted octanol–water partition coefficient (Wildman–Crippen LogP) is 6.91. The summed E-state index contributed by atoms with van der Waals surface area (Å²) in [6, 6.07) is 4.93. The Kier molecular flexibility index (Phi) is 12.7. The number of ether oxygens (including phenoxy) is 1. The molecular weight excluding hydrogens is 770 g/mol. The van der Waals surface area contributed by atoms with Crippen LogP contribution in [0.25, 0.3) is 0 Å². The molecule has 0 aromatic heterocycles. The SMILES string of the molecule is C[C@@H](O)[C@@H](C(=O)NCc1ccc(O[C@H](C)[C@@H](C(=O)NCc2cccc(C(F)(F)F)c2)N2CC3(CCCCC3)CC2=O)cc1C(F)(F)F)N1CC2(CCCCC2)CC1=O. The second-order valence-corrected chi connectivity index (χ2v) is 16.9. The molecule has 2 aliphatic carbocycles. The molecule has 10 nitrogen and oxygen atoms in total. The van der Waals surface area contributed by atoms with Gasteiger partial charge in [-0.3, -0.25) is 19.2 Å². The minimum absolute atomic E-state index is 0.157. The summed E-state index contributed by atoms with van der Waals surface area (Å²) in [7, 11) is 0. The number of amides is 4. The van der Waals surface area contributed by atoms with E-state index in [-0.39, 0.29) is 65.5 Å². The van der Waals surface area contributed by atoms with Crippen molar-refractivity contribution in [2.24, 2.45) is 10.8 Å². The molecule has 2 aromatic rings. The van der Waals surface area contributed by atoms with E-state index in [1.807, 2.05) is 0 Å². The van der Waals surface area contributed by atoms with Crippen LogP contribution in [0.15, 0.2) is 42.5 Å². The zero-order valence-electron chi connectivity index (χ0n) is 32.8. The van der Waals surface area contributed by atoms with Crippen molar-refractivity contribution in [2.75, 3.05) is 13.1 Å². The van der Waals surface area contributed by atoms with Gasteiger partial charge in [-0.15, -0.1) is 0 Å².